The van der Waals surface area contributed by atoms with Gasteiger partial charge in [0.05, 0.1) is 0 Å². The fourth-order valence-corrected chi connectivity index (χ4v) is 1.57. The van der Waals surface area contributed by atoms with Gasteiger partial charge in [0, 0.05) is 12.0 Å². The van der Waals surface area contributed by atoms with Crippen LogP contribution < -0.4 is 10.4 Å². The van der Waals surface area contributed by atoms with Gasteiger partial charge < -0.3 is 20.5 Å². The first-order chi connectivity index (χ1) is 8.77. The predicted molar refractivity (Wildman–Crippen MR) is 65.3 cm³/mol. The van der Waals surface area contributed by atoms with E-state index in [2.05, 4.69) is 0 Å². The van der Waals surface area contributed by atoms with Crippen LogP contribution in [0.25, 0.3) is 0 Å². The van der Waals surface area contributed by atoms with E-state index in [0.717, 1.165) is 6.07 Å². The van der Waals surface area contributed by atoms with Crippen molar-refractivity contribution in [3.8, 4) is 5.75 Å². The number of rotatable bonds is 6. The van der Waals surface area contributed by atoms with Crippen molar-refractivity contribution in [2.24, 2.45) is 5.73 Å². The van der Waals surface area contributed by atoms with E-state index >= 15 is 0 Å². The molecule has 0 amide bonds. The number of nitrogens with two attached hydrogens (primary N) is 1. The van der Waals surface area contributed by atoms with Crippen LogP contribution in [0.4, 0.5) is 8.78 Å². The summed E-state index contributed by atoms with van der Waals surface area (Å²) in [5.74, 6) is -1.20. The molecule has 0 heterocycles. The molecular weight excluding hydrogens is 259 g/mol. The first-order valence-corrected chi connectivity index (χ1v) is 5.45. The molecule has 1 aromatic carbocycles. The van der Waals surface area contributed by atoms with E-state index in [1.807, 2.05) is 0 Å². The van der Waals surface area contributed by atoms with Gasteiger partial charge in [-0.05, 0) is 24.6 Å². The van der Waals surface area contributed by atoms with Crippen molar-refractivity contribution in [3.05, 3.63) is 29.3 Å². The Hall–Kier alpha value is -1.67. The second kappa shape index (κ2) is 5.98. The molecule has 5 nitrogen and oxygen atoms in total. The molecular formula is C11H14BF2NO4. The lowest BCUT2D eigenvalue weighted by atomic mass is 9.91. The minimum Gasteiger partial charge on any atom is -0.539 e. The van der Waals surface area contributed by atoms with Gasteiger partial charge in [0.15, 0.2) is 0 Å². The van der Waals surface area contributed by atoms with Gasteiger partial charge in [0.25, 0.3) is 6.43 Å². The smallest absolute Gasteiger partial charge is 0.504 e. The number of hydrogen-bond donors (Lipinski definition) is 3. The van der Waals surface area contributed by atoms with Crippen LogP contribution >= 0.6 is 0 Å². The molecule has 104 valence electrons. The van der Waals surface area contributed by atoms with Crippen LogP contribution in [-0.2, 0) is 11.2 Å². The highest BCUT2D eigenvalue weighted by Crippen LogP contribution is 2.29. The van der Waals surface area contributed by atoms with Crippen molar-refractivity contribution >= 4 is 13.7 Å². The highest BCUT2D eigenvalue weighted by atomic mass is 19.3. The SMILES string of the molecule is C[C@@](N)(Cc1ccc(OBO)cc1C(F)F)C(=O)O. The number of aliphatic carboxylic acids is 1. The third-order valence-corrected chi connectivity index (χ3v) is 2.63. The van der Waals surface area contributed by atoms with Gasteiger partial charge in [-0.2, -0.15) is 0 Å². The highest BCUT2D eigenvalue weighted by molar-refractivity contribution is 6.17. The lowest BCUT2D eigenvalue weighted by Crippen LogP contribution is -2.47. The summed E-state index contributed by atoms with van der Waals surface area (Å²) in [6.07, 6.45) is -3.02. The van der Waals surface area contributed by atoms with Crippen LogP contribution in [0.15, 0.2) is 18.2 Å². The van der Waals surface area contributed by atoms with Gasteiger partial charge in [-0.15, -0.1) is 0 Å². The minimum absolute atomic E-state index is 0.0793. The fourth-order valence-electron chi connectivity index (χ4n) is 1.57. The summed E-state index contributed by atoms with van der Waals surface area (Å²) in [6.45, 7) is 1.25. The number of carboxylic acid groups (broad SMARTS) is 1. The molecule has 0 radical (unpaired) electrons. The quantitative estimate of drug-likeness (QED) is 0.660. The zero-order valence-corrected chi connectivity index (χ0v) is 10.3. The standard InChI is InChI=1S/C11H14BF2NO4/c1-11(15,10(16)17)5-6-2-3-7(19-12-18)4-8(6)9(13)14/h2-4,9,12,18H,5,15H2,1H3,(H,16,17)/t11-/m1/s1. The first kappa shape index (κ1) is 15.4. The molecule has 0 aliphatic heterocycles. The Balaban J connectivity index is 3.10. The number of carbonyl (C=O) groups is 1. The molecule has 0 aliphatic carbocycles. The van der Waals surface area contributed by atoms with E-state index in [0.29, 0.717) is 0 Å². The number of benzene rings is 1. The van der Waals surface area contributed by atoms with E-state index in [9.17, 15) is 13.6 Å². The van der Waals surface area contributed by atoms with Gasteiger partial charge >= 0.3 is 13.7 Å². The Labute approximate surface area is 109 Å². The third kappa shape index (κ3) is 3.90. The molecule has 1 rings (SSSR count). The molecule has 0 bridgehead atoms. The summed E-state index contributed by atoms with van der Waals surface area (Å²) in [5, 5.41) is 17.5. The van der Waals surface area contributed by atoms with Crippen molar-refractivity contribution in [1.82, 2.24) is 0 Å². The molecule has 19 heavy (non-hydrogen) atoms. The highest BCUT2D eigenvalue weighted by Gasteiger charge is 2.30. The van der Waals surface area contributed by atoms with Crippen LogP contribution in [-0.4, -0.2) is 29.3 Å². The van der Waals surface area contributed by atoms with Gasteiger partial charge in [-0.25, -0.2) is 8.78 Å². The molecule has 0 aliphatic rings. The summed E-state index contributed by atoms with van der Waals surface area (Å²) in [7, 11) is -0.633. The molecule has 0 spiro atoms. The Morgan fingerprint density at radius 3 is 2.68 bits per heavy atom. The van der Waals surface area contributed by atoms with E-state index in [1.165, 1.54) is 19.1 Å². The summed E-state index contributed by atoms with van der Waals surface area (Å²) < 4.78 is 30.5. The van der Waals surface area contributed by atoms with Crippen LogP contribution in [0.1, 0.15) is 24.5 Å². The molecule has 4 N–H and O–H groups in total. The molecule has 0 saturated carbocycles. The van der Waals surface area contributed by atoms with Gasteiger partial charge in [-0.1, -0.05) is 6.07 Å². The summed E-state index contributed by atoms with van der Waals surface area (Å²) in [4.78, 5) is 10.9. The van der Waals surface area contributed by atoms with Gasteiger partial charge in [0.2, 0.25) is 0 Å². The van der Waals surface area contributed by atoms with Crippen LogP contribution in [0.3, 0.4) is 0 Å². The molecule has 0 aromatic heterocycles. The normalized spacial score (nSPS) is 14.0. The number of alkyl halides is 2. The molecule has 0 fully saturated rings. The van der Waals surface area contributed by atoms with Crippen molar-refractivity contribution in [2.45, 2.75) is 25.3 Å². The number of halogens is 2. The second-order valence-electron chi connectivity index (χ2n) is 4.33. The Bertz CT molecular complexity index is 468. The Morgan fingerprint density at radius 1 is 1.58 bits per heavy atom. The molecule has 0 unspecified atom stereocenters. The maximum atomic E-state index is 12.9. The second-order valence-corrected chi connectivity index (χ2v) is 4.33. The van der Waals surface area contributed by atoms with Crippen LogP contribution in [0.5, 0.6) is 5.75 Å². The lowest BCUT2D eigenvalue weighted by Gasteiger charge is -2.21. The zero-order valence-electron chi connectivity index (χ0n) is 10.3. The van der Waals surface area contributed by atoms with Crippen molar-refractivity contribution < 1.29 is 28.4 Å². The summed E-state index contributed by atoms with van der Waals surface area (Å²) in [6, 6.07) is 3.75. The Morgan fingerprint density at radius 2 is 2.21 bits per heavy atom. The lowest BCUT2D eigenvalue weighted by molar-refractivity contribution is -0.142. The maximum absolute atomic E-state index is 12.9. The third-order valence-electron chi connectivity index (χ3n) is 2.63. The average molecular weight is 273 g/mol. The Kier molecular flexibility index (Phi) is 4.85. The van der Waals surface area contributed by atoms with E-state index in [-0.39, 0.29) is 23.3 Å². The van der Waals surface area contributed by atoms with E-state index < -0.39 is 25.6 Å². The van der Waals surface area contributed by atoms with Crippen LogP contribution in [0, 0.1) is 0 Å². The average Bonchev–Trinajstić information content (AvgIpc) is 2.30. The first-order valence-electron chi connectivity index (χ1n) is 5.45. The van der Waals surface area contributed by atoms with Gasteiger partial charge in [0.1, 0.15) is 11.3 Å². The zero-order chi connectivity index (χ0) is 14.6. The van der Waals surface area contributed by atoms with Crippen molar-refractivity contribution in [2.75, 3.05) is 0 Å². The maximum Gasteiger partial charge on any atom is 0.504 e. The number of carboxylic acids is 1. The summed E-state index contributed by atoms with van der Waals surface area (Å²) >= 11 is 0. The van der Waals surface area contributed by atoms with Gasteiger partial charge in [-0.3, -0.25) is 4.79 Å². The van der Waals surface area contributed by atoms with E-state index in [1.54, 1.807) is 0 Å². The molecule has 1 aromatic rings. The fraction of sp³-hybridized carbons (Fsp3) is 0.364. The largest absolute Gasteiger partial charge is 0.539 e. The minimum atomic E-state index is -2.79. The van der Waals surface area contributed by atoms with Crippen molar-refractivity contribution in [1.29, 1.82) is 0 Å². The topological polar surface area (TPSA) is 92.8 Å². The van der Waals surface area contributed by atoms with Crippen LogP contribution in [0.2, 0.25) is 0 Å². The molecule has 8 heteroatoms. The van der Waals surface area contributed by atoms with Crippen molar-refractivity contribution in [3.63, 3.8) is 0 Å². The monoisotopic (exact) mass is 273 g/mol. The van der Waals surface area contributed by atoms with E-state index in [4.69, 9.17) is 20.5 Å². The molecule has 1 atom stereocenters. The predicted octanol–water partition coefficient (Wildman–Crippen LogP) is 0.606. The molecule has 0 saturated heterocycles. The number of hydrogen-bond acceptors (Lipinski definition) is 4. The summed E-state index contributed by atoms with van der Waals surface area (Å²) in [5.41, 5.74) is 3.68.